The maximum absolute atomic E-state index is 8.51. The quantitative estimate of drug-likeness (QED) is 0.816. The highest BCUT2D eigenvalue weighted by Gasteiger charge is 2.10. The van der Waals surface area contributed by atoms with Crippen LogP contribution in [0.2, 0.25) is 0 Å². The Morgan fingerprint density at radius 1 is 1.38 bits per heavy atom. The van der Waals surface area contributed by atoms with Gasteiger partial charge in [-0.05, 0) is 47.8 Å². The Hall–Kier alpha value is 0.570. The highest BCUT2D eigenvalue weighted by Crippen LogP contribution is 2.26. The highest BCUT2D eigenvalue weighted by atomic mass is 79.9. The predicted octanol–water partition coefficient (Wildman–Crippen LogP) is 2.14. The second kappa shape index (κ2) is 5.45. The Kier molecular flexibility index (Phi) is 4.88. The molecule has 0 bridgehead atoms. The van der Waals surface area contributed by atoms with Gasteiger partial charge in [-0.15, -0.1) is 0 Å². The molecule has 1 aromatic rings. The smallest absolute Gasteiger partial charge is 0.181 e. The number of ether oxygens (including phenoxy) is 1. The van der Waals surface area contributed by atoms with Gasteiger partial charge in [0.25, 0.3) is 0 Å². The molecule has 0 spiro atoms. The van der Waals surface area contributed by atoms with Crippen LogP contribution in [0.5, 0.6) is 0 Å². The van der Waals surface area contributed by atoms with E-state index < -0.39 is 0 Å². The van der Waals surface area contributed by atoms with Gasteiger partial charge in [0.15, 0.2) is 4.73 Å². The number of aromatic nitrogens is 2. The van der Waals surface area contributed by atoms with E-state index in [-0.39, 0.29) is 6.61 Å². The molecule has 0 unspecified atom stereocenters. The van der Waals surface area contributed by atoms with Crippen molar-refractivity contribution in [2.45, 2.75) is 6.73 Å². The van der Waals surface area contributed by atoms with Gasteiger partial charge in [0.1, 0.15) is 15.9 Å². The van der Waals surface area contributed by atoms with Crippen LogP contribution < -0.4 is 0 Å². The normalized spacial score (nSPS) is 10.8. The van der Waals surface area contributed by atoms with Crippen LogP contribution >= 0.6 is 47.8 Å². The second-order valence-electron chi connectivity index (χ2n) is 2.15. The fourth-order valence-electron chi connectivity index (χ4n) is 0.710. The molecule has 0 aliphatic heterocycles. The summed E-state index contributed by atoms with van der Waals surface area (Å²) in [5, 5.41) is 8.51. The van der Waals surface area contributed by atoms with Crippen molar-refractivity contribution in [2.24, 2.45) is 0 Å². The number of hydrogen-bond acceptors (Lipinski definition) is 3. The average molecular weight is 379 g/mol. The van der Waals surface area contributed by atoms with Gasteiger partial charge in [-0.2, -0.15) is 0 Å². The lowest BCUT2D eigenvalue weighted by Gasteiger charge is -2.05. The Morgan fingerprint density at radius 3 is 2.54 bits per heavy atom. The van der Waals surface area contributed by atoms with Crippen LogP contribution in [0.25, 0.3) is 0 Å². The van der Waals surface area contributed by atoms with Gasteiger partial charge in [-0.3, -0.25) is 4.57 Å². The molecule has 0 aliphatic carbocycles. The van der Waals surface area contributed by atoms with Gasteiger partial charge in [0.2, 0.25) is 0 Å². The molecule has 0 amide bonds. The summed E-state index contributed by atoms with van der Waals surface area (Å²) in [6.45, 7) is 0.681. The van der Waals surface area contributed by atoms with Crippen LogP contribution in [0.1, 0.15) is 0 Å². The molecule has 1 rings (SSSR count). The average Bonchev–Trinajstić information content (AvgIpc) is 2.32. The molecule has 74 valence electrons. The van der Waals surface area contributed by atoms with Crippen LogP contribution in [0.15, 0.2) is 13.9 Å². The Bertz CT molecular complexity index is 290. The molecule has 0 aromatic carbocycles. The number of hydrogen-bond donors (Lipinski definition) is 1. The van der Waals surface area contributed by atoms with Crippen LogP contribution in [0.4, 0.5) is 0 Å². The van der Waals surface area contributed by atoms with Gasteiger partial charge < -0.3 is 9.84 Å². The third kappa shape index (κ3) is 3.02. The third-order valence-electron chi connectivity index (χ3n) is 1.28. The largest absolute Gasteiger partial charge is 0.394 e. The monoisotopic (exact) mass is 376 g/mol. The van der Waals surface area contributed by atoms with Crippen LogP contribution in [0.3, 0.4) is 0 Å². The van der Waals surface area contributed by atoms with Crippen molar-refractivity contribution in [1.82, 2.24) is 9.55 Å². The molecule has 0 saturated carbocycles. The van der Waals surface area contributed by atoms with E-state index in [2.05, 4.69) is 52.8 Å². The first kappa shape index (κ1) is 11.6. The summed E-state index contributed by atoms with van der Waals surface area (Å²) in [6, 6.07) is 0. The topological polar surface area (TPSA) is 47.3 Å². The van der Waals surface area contributed by atoms with Crippen molar-refractivity contribution in [1.29, 1.82) is 0 Å². The maximum atomic E-state index is 8.51. The molecule has 0 saturated heterocycles. The molecule has 0 fully saturated rings. The molecule has 4 nitrogen and oxygen atoms in total. The van der Waals surface area contributed by atoms with Crippen molar-refractivity contribution < 1.29 is 9.84 Å². The van der Waals surface area contributed by atoms with E-state index in [9.17, 15) is 0 Å². The van der Waals surface area contributed by atoms with Crippen LogP contribution in [0, 0.1) is 0 Å². The third-order valence-corrected chi connectivity index (χ3v) is 3.77. The van der Waals surface area contributed by atoms with Gasteiger partial charge in [-0.25, -0.2) is 4.98 Å². The lowest BCUT2D eigenvalue weighted by atomic mass is 10.8. The summed E-state index contributed by atoms with van der Waals surface area (Å²) in [7, 11) is 0. The predicted molar refractivity (Wildman–Crippen MR) is 58.4 cm³/mol. The second-order valence-corrected chi connectivity index (χ2v) is 4.36. The minimum Gasteiger partial charge on any atom is -0.394 e. The summed E-state index contributed by atoms with van der Waals surface area (Å²) >= 11 is 9.87. The Morgan fingerprint density at radius 2 is 2.08 bits per heavy atom. The maximum Gasteiger partial charge on any atom is 0.181 e. The molecule has 0 aliphatic rings. The molecular weight excluding hydrogens is 372 g/mol. The first-order valence-corrected chi connectivity index (χ1v) is 5.80. The molecule has 13 heavy (non-hydrogen) atoms. The van der Waals surface area contributed by atoms with E-state index in [1.807, 2.05) is 0 Å². The SMILES string of the molecule is OCCOCn1c(Br)nc(Br)c1Br. The minimum absolute atomic E-state index is 0.0190. The molecule has 7 heteroatoms. The highest BCUT2D eigenvalue weighted by molar-refractivity contribution is 9.13. The lowest BCUT2D eigenvalue weighted by Crippen LogP contribution is -2.06. The number of halogens is 3. The Labute approximate surface area is 101 Å². The van der Waals surface area contributed by atoms with Crippen molar-refractivity contribution in [3.8, 4) is 0 Å². The minimum atomic E-state index is 0.0190. The number of nitrogens with zero attached hydrogens (tertiary/aromatic N) is 2. The number of aliphatic hydroxyl groups is 1. The van der Waals surface area contributed by atoms with E-state index in [0.29, 0.717) is 22.7 Å². The summed E-state index contributed by atoms with van der Waals surface area (Å²) in [6.07, 6.45) is 0. The van der Waals surface area contributed by atoms with E-state index in [0.717, 1.165) is 4.60 Å². The lowest BCUT2D eigenvalue weighted by molar-refractivity contribution is 0.0460. The van der Waals surface area contributed by atoms with Crippen molar-refractivity contribution in [3.63, 3.8) is 0 Å². The van der Waals surface area contributed by atoms with E-state index >= 15 is 0 Å². The van der Waals surface area contributed by atoms with E-state index in [1.165, 1.54) is 0 Å². The molecule has 0 atom stereocenters. The molecule has 1 heterocycles. The molecular formula is C6H7Br3N2O2. The Balaban J connectivity index is 2.64. The first-order valence-electron chi connectivity index (χ1n) is 3.42. The van der Waals surface area contributed by atoms with E-state index in [1.54, 1.807) is 4.57 Å². The summed E-state index contributed by atoms with van der Waals surface area (Å²) in [5.74, 6) is 0. The zero-order valence-corrected chi connectivity index (χ0v) is 11.3. The number of imidazole rings is 1. The van der Waals surface area contributed by atoms with E-state index in [4.69, 9.17) is 9.84 Å². The van der Waals surface area contributed by atoms with Crippen molar-refractivity contribution >= 4 is 47.8 Å². The fourth-order valence-corrected chi connectivity index (χ4v) is 2.38. The molecule has 0 radical (unpaired) electrons. The first-order chi connectivity index (χ1) is 6.16. The summed E-state index contributed by atoms with van der Waals surface area (Å²) in [4.78, 5) is 4.10. The van der Waals surface area contributed by atoms with Gasteiger partial charge in [0.05, 0.1) is 13.2 Å². The van der Waals surface area contributed by atoms with Gasteiger partial charge in [0, 0.05) is 0 Å². The number of rotatable bonds is 4. The van der Waals surface area contributed by atoms with Gasteiger partial charge >= 0.3 is 0 Å². The fraction of sp³-hybridized carbons (Fsp3) is 0.500. The zero-order valence-electron chi connectivity index (χ0n) is 6.51. The van der Waals surface area contributed by atoms with Crippen LogP contribution in [-0.4, -0.2) is 27.9 Å². The van der Waals surface area contributed by atoms with Crippen LogP contribution in [-0.2, 0) is 11.5 Å². The molecule has 1 N–H and O–H groups in total. The summed E-state index contributed by atoms with van der Waals surface area (Å²) < 4.78 is 9.10. The zero-order chi connectivity index (χ0) is 9.84. The van der Waals surface area contributed by atoms with Crippen molar-refractivity contribution in [2.75, 3.05) is 13.2 Å². The number of aliphatic hydroxyl groups excluding tert-OH is 1. The van der Waals surface area contributed by atoms with Gasteiger partial charge in [-0.1, -0.05) is 0 Å². The van der Waals surface area contributed by atoms with Crippen molar-refractivity contribution in [3.05, 3.63) is 13.9 Å². The standard InChI is InChI=1S/C6H7Br3N2O2/c7-4-5(8)11(6(9)10-4)3-13-2-1-12/h12H,1-3H2. The summed E-state index contributed by atoms with van der Waals surface area (Å²) in [5.41, 5.74) is 0. The molecule has 1 aromatic heterocycles.